The third kappa shape index (κ3) is 1.44. The minimum absolute atomic E-state index is 0.114. The van der Waals surface area contributed by atoms with E-state index in [0.29, 0.717) is 5.56 Å². The molecule has 1 unspecified atom stereocenters. The Labute approximate surface area is 97.8 Å². The molecular formula is C11H13N5O. The molecule has 88 valence electrons. The normalized spacial score (nSPS) is 18.3. The summed E-state index contributed by atoms with van der Waals surface area (Å²) in [7, 11) is 0. The van der Waals surface area contributed by atoms with Crippen LogP contribution in [-0.4, -0.2) is 25.9 Å². The van der Waals surface area contributed by atoms with Gasteiger partial charge in [0.1, 0.15) is 0 Å². The highest BCUT2D eigenvalue weighted by molar-refractivity contribution is 5.92. The van der Waals surface area contributed by atoms with Crippen LogP contribution in [0.15, 0.2) is 12.4 Å². The Morgan fingerprint density at radius 1 is 1.65 bits per heavy atom. The molecule has 2 aromatic heterocycles. The molecule has 3 rings (SSSR count). The summed E-state index contributed by atoms with van der Waals surface area (Å²) in [5, 5.41) is 11.5. The smallest absolute Gasteiger partial charge is 0.251 e. The molecular weight excluding hydrogens is 218 g/mol. The fraction of sp³-hybridized carbons (Fsp3) is 0.364. The van der Waals surface area contributed by atoms with Gasteiger partial charge in [-0.05, 0) is 25.3 Å². The maximum Gasteiger partial charge on any atom is 0.251 e. The van der Waals surface area contributed by atoms with Crippen LogP contribution in [0.5, 0.6) is 0 Å². The lowest BCUT2D eigenvalue weighted by atomic mass is 10.2. The van der Waals surface area contributed by atoms with Crippen molar-refractivity contribution in [1.29, 1.82) is 0 Å². The topological polar surface area (TPSA) is 89.6 Å². The van der Waals surface area contributed by atoms with Crippen LogP contribution in [0.4, 0.5) is 0 Å². The number of hydrogen-bond acceptors (Lipinski definition) is 3. The number of carbonyl (C=O) groups is 1. The van der Waals surface area contributed by atoms with E-state index in [-0.39, 0.29) is 6.04 Å². The zero-order chi connectivity index (χ0) is 12.0. The lowest BCUT2D eigenvalue weighted by molar-refractivity contribution is 0.1000. The van der Waals surface area contributed by atoms with E-state index in [0.717, 1.165) is 24.2 Å². The molecule has 0 saturated carbocycles. The van der Waals surface area contributed by atoms with Crippen LogP contribution in [0, 0.1) is 6.92 Å². The summed E-state index contributed by atoms with van der Waals surface area (Å²) in [4.78, 5) is 11.0. The zero-order valence-corrected chi connectivity index (χ0v) is 9.47. The van der Waals surface area contributed by atoms with Crippen LogP contribution in [-0.2, 0) is 6.42 Å². The van der Waals surface area contributed by atoms with Gasteiger partial charge < -0.3 is 5.73 Å². The van der Waals surface area contributed by atoms with Crippen molar-refractivity contribution in [1.82, 2.24) is 20.0 Å². The van der Waals surface area contributed by atoms with E-state index < -0.39 is 5.91 Å². The monoisotopic (exact) mass is 231 g/mol. The van der Waals surface area contributed by atoms with Crippen LogP contribution in [0.2, 0.25) is 0 Å². The summed E-state index contributed by atoms with van der Waals surface area (Å²) in [6.45, 7) is 2.02. The number of carbonyl (C=O) groups excluding carboxylic acids is 1. The molecule has 2 heterocycles. The Morgan fingerprint density at radius 3 is 3.18 bits per heavy atom. The first-order valence-electron chi connectivity index (χ1n) is 5.54. The Balaban J connectivity index is 1.98. The van der Waals surface area contributed by atoms with Crippen LogP contribution in [0.25, 0.3) is 0 Å². The van der Waals surface area contributed by atoms with Crippen molar-refractivity contribution in [3.05, 3.63) is 34.9 Å². The summed E-state index contributed by atoms with van der Waals surface area (Å²) in [6.07, 6.45) is 5.15. The Bertz CT molecular complexity index is 582. The predicted octanol–water partition coefficient (Wildman–Crippen LogP) is 0.549. The molecule has 0 bridgehead atoms. The van der Waals surface area contributed by atoms with Crippen LogP contribution in [0.1, 0.15) is 39.8 Å². The molecule has 2 aromatic rings. The Kier molecular flexibility index (Phi) is 2.04. The number of rotatable bonds is 2. The van der Waals surface area contributed by atoms with Gasteiger partial charge in [-0.25, -0.2) is 0 Å². The SMILES string of the molecule is Cc1[nH]nc2c1CCC2n1cc(C(N)=O)cn1. The predicted molar refractivity (Wildman–Crippen MR) is 60.5 cm³/mol. The number of aromatic nitrogens is 4. The summed E-state index contributed by atoms with van der Waals surface area (Å²) < 4.78 is 1.77. The van der Waals surface area contributed by atoms with Gasteiger partial charge in [-0.3, -0.25) is 14.6 Å². The summed E-state index contributed by atoms with van der Waals surface area (Å²) >= 11 is 0. The number of hydrogen-bond donors (Lipinski definition) is 2. The van der Waals surface area contributed by atoms with Gasteiger partial charge in [-0.1, -0.05) is 0 Å². The lowest BCUT2D eigenvalue weighted by Gasteiger charge is -2.08. The number of nitrogens with two attached hydrogens (primary N) is 1. The number of nitrogens with one attached hydrogen (secondary N) is 1. The molecule has 0 fully saturated rings. The quantitative estimate of drug-likeness (QED) is 0.790. The van der Waals surface area contributed by atoms with Gasteiger partial charge in [0.2, 0.25) is 0 Å². The van der Waals surface area contributed by atoms with Crippen LogP contribution >= 0.6 is 0 Å². The van der Waals surface area contributed by atoms with E-state index in [1.165, 1.54) is 11.8 Å². The largest absolute Gasteiger partial charge is 0.366 e. The molecule has 1 atom stereocenters. The highest BCUT2D eigenvalue weighted by atomic mass is 16.1. The molecule has 0 saturated heterocycles. The number of amides is 1. The van der Waals surface area contributed by atoms with Crippen LogP contribution in [0.3, 0.4) is 0 Å². The lowest BCUT2D eigenvalue weighted by Crippen LogP contribution is -2.11. The second-order valence-corrected chi connectivity index (χ2v) is 4.34. The minimum atomic E-state index is -0.451. The average Bonchev–Trinajstić information content (AvgIpc) is 2.95. The third-order valence-corrected chi connectivity index (χ3v) is 3.29. The molecule has 6 nitrogen and oxygen atoms in total. The van der Waals surface area contributed by atoms with Gasteiger partial charge in [-0.2, -0.15) is 10.2 Å². The molecule has 17 heavy (non-hydrogen) atoms. The molecule has 3 N–H and O–H groups in total. The average molecular weight is 231 g/mol. The summed E-state index contributed by atoms with van der Waals surface area (Å²) in [5.74, 6) is -0.451. The molecule has 0 aliphatic heterocycles. The van der Waals surface area contributed by atoms with Gasteiger partial charge in [-0.15, -0.1) is 0 Å². The number of fused-ring (bicyclic) bond motifs is 1. The molecule has 0 radical (unpaired) electrons. The van der Waals surface area contributed by atoms with E-state index >= 15 is 0 Å². The molecule has 1 aliphatic rings. The number of H-pyrrole nitrogens is 1. The van der Waals surface area contributed by atoms with E-state index in [4.69, 9.17) is 5.73 Å². The van der Waals surface area contributed by atoms with Gasteiger partial charge in [0.15, 0.2) is 0 Å². The third-order valence-electron chi connectivity index (χ3n) is 3.29. The van der Waals surface area contributed by atoms with E-state index in [1.807, 2.05) is 6.92 Å². The number of aromatic amines is 1. The van der Waals surface area contributed by atoms with Crippen molar-refractivity contribution < 1.29 is 4.79 Å². The van der Waals surface area contributed by atoms with E-state index in [1.54, 1.807) is 10.9 Å². The minimum Gasteiger partial charge on any atom is -0.366 e. The number of nitrogens with zero attached hydrogens (tertiary/aromatic N) is 3. The highest BCUT2D eigenvalue weighted by Crippen LogP contribution is 2.33. The second kappa shape index (κ2) is 3.44. The first kappa shape index (κ1) is 10.1. The van der Waals surface area contributed by atoms with E-state index in [9.17, 15) is 4.79 Å². The Morgan fingerprint density at radius 2 is 2.47 bits per heavy atom. The fourth-order valence-corrected chi connectivity index (χ4v) is 2.37. The first-order valence-corrected chi connectivity index (χ1v) is 5.54. The van der Waals surface area contributed by atoms with Crippen molar-refractivity contribution >= 4 is 5.91 Å². The van der Waals surface area contributed by atoms with Crippen molar-refractivity contribution in [2.45, 2.75) is 25.8 Å². The van der Waals surface area contributed by atoms with Crippen molar-refractivity contribution in [3.8, 4) is 0 Å². The standard InChI is InChI=1S/C11H13N5O/c1-6-8-2-3-9(10(8)15-14-6)16-5-7(4-13-16)11(12)17/h4-5,9H,2-3H2,1H3,(H2,12,17)(H,14,15). The fourth-order valence-electron chi connectivity index (χ4n) is 2.37. The molecule has 0 aromatic carbocycles. The molecule has 6 heteroatoms. The maximum absolute atomic E-state index is 11.0. The summed E-state index contributed by atoms with van der Waals surface area (Å²) in [5.41, 5.74) is 9.06. The van der Waals surface area contributed by atoms with E-state index in [2.05, 4.69) is 15.3 Å². The number of primary amides is 1. The second-order valence-electron chi connectivity index (χ2n) is 4.34. The van der Waals surface area contributed by atoms with Crippen molar-refractivity contribution in [2.24, 2.45) is 5.73 Å². The Hall–Kier alpha value is -2.11. The van der Waals surface area contributed by atoms with Gasteiger partial charge in [0.05, 0.1) is 23.5 Å². The van der Waals surface area contributed by atoms with Gasteiger partial charge in [0, 0.05) is 11.9 Å². The van der Waals surface area contributed by atoms with Gasteiger partial charge >= 0.3 is 0 Å². The molecule has 1 amide bonds. The van der Waals surface area contributed by atoms with Crippen LogP contribution < -0.4 is 5.73 Å². The molecule has 0 spiro atoms. The summed E-state index contributed by atoms with van der Waals surface area (Å²) in [6, 6.07) is 0.114. The number of aryl methyl sites for hydroxylation is 1. The van der Waals surface area contributed by atoms with Gasteiger partial charge in [0.25, 0.3) is 5.91 Å². The van der Waals surface area contributed by atoms with Crippen molar-refractivity contribution in [2.75, 3.05) is 0 Å². The maximum atomic E-state index is 11.0. The van der Waals surface area contributed by atoms with Crippen molar-refractivity contribution in [3.63, 3.8) is 0 Å². The first-order chi connectivity index (χ1) is 8.16. The highest BCUT2D eigenvalue weighted by Gasteiger charge is 2.29. The zero-order valence-electron chi connectivity index (χ0n) is 9.47. The molecule has 1 aliphatic carbocycles.